The monoisotopic (exact) mass is 289 g/mol. The van der Waals surface area contributed by atoms with E-state index in [0.717, 1.165) is 12.1 Å². The summed E-state index contributed by atoms with van der Waals surface area (Å²) in [6, 6.07) is 1.04. The standard InChI is InChI=1S/C12H13F2NO5/c1-6(16)11(12(18)19)15-10(17)5-20-9-3-2-7(13)4-8(9)14/h2-4,6,11,16H,5H2,1H3,(H,15,17)(H,18,19)/t6-,11+/m1/s1. The number of hydrogen-bond donors (Lipinski definition) is 3. The number of carbonyl (C=O) groups excluding carboxylic acids is 1. The lowest BCUT2D eigenvalue weighted by Crippen LogP contribution is -2.49. The Balaban J connectivity index is 2.57. The molecule has 6 nitrogen and oxygen atoms in total. The van der Waals surface area contributed by atoms with Crippen molar-refractivity contribution < 1.29 is 33.3 Å². The molecule has 0 radical (unpaired) electrons. The summed E-state index contributed by atoms with van der Waals surface area (Å²) in [5.41, 5.74) is 0. The minimum atomic E-state index is -1.50. The molecule has 0 aliphatic rings. The van der Waals surface area contributed by atoms with Crippen molar-refractivity contribution in [3.05, 3.63) is 29.8 Å². The van der Waals surface area contributed by atoms with Gasteiger partial charge in [0.05, 0.1) is 6.10 Å². The first-order chi connectivity index (χ1) is 9.31. The molecule has 0 aliphatic carbocycles. The molecule has 110 valence electrons. The Morgan fingerprint density at radius 1 is 1.40 bits per heavy atom. The van der Waals surface area contributed by atoms with Crippen LogP contribution in [-0.4, -0.2) is 40.8 Å². The molecule has 0 aromatic heterocycles. The van der Waals surface area contributed by atoms with Crippen LogP contribution in [0.1, 0.15) is 6.92 Å². The van der Waals surface area contributed by atoms with E-state index < -0.39 is 42.3 Å². The van der Waals surface area contributed by atoms with E-state index >= 15 is 0 Å². The van der Waals surface area contributed by atoms with Gasteiger partial charge in [0.1, 0.15) is 5.82 Å². The van der Waals surface area contributed by atoms with Crippen molar-refractivity contribution in [3.63, 3.8) is 0 Å². The van der Waals surface area contributed by atoms with Gasteiger partial charge < -0.3 is 20.3 Å². The molecule has 0 fully saturated rings. The van der Waals surface area contributed by atoms with Crippen molar-refractivity contribution >= 4 is 11.9 Å². The maximum Gasteiger partial charge on any atom is 0.328 e. The Bertz CT molecular complexity index is 507. The van der Waals surface area contributed by atoms with E-state index in [9.17, 15) is 18.4 Å². The molecule has 1 amide bonds. The lowest BCUT2D eigenvalue weighted by Gasteiger charge is -2.17. The number of ether oxygens (including phenoxy) is 1. The van der Waals surface area contributed by atoms with Gasteiger partial charge >= 0.3 is 5.97 Å². The Kier molecular flexibility index (Phi) is 5.39. The van der Waals surface area contributed by atoms with Crippen molar-refractivity contribution in [3.8, 4) is 5.75 Å². The summed E-state index contributed by atoms with van der Waals surface area (Å²) in [5, 5.41) is 19.9. The molecular formula is C12H13F2NO5. The van der Waals surface area contributed by atoms with Gasteiger partial charge in [-0.1, -0.05) is 0 Å². The summed E-state index contributed by atoms with van der Waals surface area (Å²) in [6.45, 7) is 0.526. The third-order valence-corrected chi connectivity index (χ3v) is 2.32. The Labute approximate surface area is 113 Å². The van der Waals surface area contributed by atoms with Crippen LogP contribution in [0.2, 0.25) is 0 Å². The van der Waals surface area contributed by atoms with Gasteiger partial charge in [-0.3, -0.25) is 4.79 Å². The van der Waals surface area contributed by atoms with Crippen LogP contribution in [0.4, 0.5) is 8.78 Å². The molecule has 0 unspecified atom stereocenters. The van der Waals surface area contributed by atoms with Crippen LogP contribution < -0.4 is 10.1 Å². The number of carboxylic acids is 1. The van der Waals surface area contributed by atoms with Crippen molar-refractivity contribution in [2.24, 2.45) is 0 Å². The molecule has 20 heavy (non-hydrogen) atoms. The van der Waals surface area contributed by atoms with Crippen LogP contribution in [0.3, 0.4) is 0 Å². The minimum absolute atomic E-state index is 0.342. The Morgan fingerprint density at radius 2 is 2.05 bits per heavy atom. The van der Waals surface area contributed by atoms with Gasteiger partial charge in [-0.05, 0) is 19.1 Å². The molecule has 3 N–H and O–H groups in total. The summed E-state index contributed by atoms with van der Waals surface area (Å²) in [4.78, 5) is 22.1. The van der Waals surface area contributed by atoms with Gasteiger partial charge in [0, 0.05) is 6.07 Å². The third-order valence-electron chi connectivity index (χ3n) is 2.32. The van der Waals surface area contributed by atoms with E-state index in [0.29, 0.717) is 6.07 Å². The highest BCUT2D eigenvalue weighted by Crippen LogP contribution is 2.17. The molecular weight excluding hydrogens is 276 g/mol. The van der Waals surface area contributed by atoms with Crippen LogP contribution in [0.5, 0.6) is 5.75 Å². The largest absolute Gasteiger partial charge is 0.481 e. The number of aliphatic hydroxyl groups is 1. The van der Waals surface area contributed by atoms with E-state index in [-0.39, 0.29) is 5.75 Å². The number of amides is 1. The molecule has 0 heterocycles. The SMILES string of the molecule is C[C@@H](O)[C@H](NC(=O)COc1ccc(F)cc1F)C(=O)O. The molecule has 1 aromatic rings. The van der Waals surface area contributed by atoms with Crippen molar-refractivity contribution in [1.82, 2.24) is 5.32 Å². The van der Waals surface area contributed by atoms with E-state index in [1.54, 1.807) is 0 Å². The Morgan fingerprint density at radius 3 is 2.55 bits per heavy atom. The summed E-state index contributed by atoms with van der Waals surface area (Å²) < 4.78 is 30.6. The molecule has 0 aliphatic heterocycles. The van der Waals surface area contributed by atoms with Gasteiger partial charge in [0.25, 0.3) is 5.91 Å². The van der Waals surface area contributed by atoms with Gasteiger partial charge in [-0.15, -0.1) is 0 Å². The Hall–Kier alpha value is -2.22. The quantitative estimate of drug-likeness (QED) is 0.699. The van der Waals surface area contributed by atoms with Gasteiger partial charge in [0.15, 0.2) is 24.2 Å². The first-order valence-electron chi connectivity index (χ1n) is 5.59. The van der Waals surface area contributed by atoms with Crippen molar-refractivity contribution in [2.45, 2.75) is 19.1 Å². The second kappa shape index (κ2) is 6.80. The number of halogens is 2. The second-order valence-corrected chi connectivity index (χ2v) is 3.99. The average Bonchev–Trinajstić information content (AvgIpc) is 2.34. The highest BCUT2D eigenvalue weighted by molar-refractivity contribution is 5.84. The fourth-order valence-electron chi connectivity index (χ4n) is 1.34. The molecule has 0 bridgehead atoms. The number of nitrogens with one attached hydrogen (secondary N) is 1. The maximum atomic E-state index is 13.2. The zero-order chi connectivity index (χ0) is 15.3. The number of carboxylic acid groups (broad SMARTS) is 1. The van der Waals surface area contributed by atoms with E-state index in [1.165, 1.54) is 6.92 Å². The van der Waals surface area contributed by atoms with E-state index in [1.807, 2.05) is 5.32 Å². The summed E-state index contributed by atoms with van der Waals surface area (Å²) in [5.74, 6) is -4.39. The number of aliphatic hydroxyl groups excluding tert-OH is 1. The number of hydrogen-bond acceptors (Lipinski definition) is 4. The van der Waals surface area contributed by atoms with E-state index in [4.69, 9.17) is 14.9 Å². The van der Waals surface area contributed by atoms with Gasteiger partial charge in [-0.2, -0.15) is 0 Å². The lowest BCUT2D eigenvalue weighted by atomic mass is 10.2. The van der Waals surface area contributed by atoms with Crippen LogP contribution in [0.25, 0.3) is 0 Å². The van der Waals surface area contributed by atoms with Gasteiger partial charge in [-0.25, -0.2) is 13.6 Å². The molecule has 8 heteroatoms. The van der Waals surface area contributed by atoms with Crippen LogP contribution in [0, 0.1) is 11.6 Å². The first kappa shape index (κ1) is 15.8. The summed E-state index contributed by atoms with van der Waals surface area (Å²) >= 11 is 0. The van der Waals surface area contributed by atoms with Gasteiger partial charge in [0.2, 0.25) is 0 Å². The van der Waals surface area contributed by atoms with Crippen molar-refractivity contribution in [1.29, 1.82) is 0 Å². The highest BCUT2D eigenvalue weighted by atomic mass is 19.1. The molecule has 2 atom stereocenters. The van der Waals surface area contributed by atoms with Crippen LogP contribution >= 0.6 is 0 Å². The summed E-state index contributed by atoms with van der Waals surface area (Å²) in [7, 11) is 0. The lowest BCUT2D eigenvalue weighted by molar-refractivity contribution is -0.145. The first-order valence-corrected chi connectivity index (χ1v) is 5.59. The molecule has 1 aromatic carbocycles. The maximum absolute atomic E-state index is 13.2. The highest BCUT2D eigenvalue weighted by Gasteiger charge is 2.25. The van der Waals surface area contributed by atoms with Crippen molar-refractivity contribution in [2.75, 3.05) is 6.61 Å². The van der Waals surface area contributed by atoms with Crippen LogP contribution in [0.15, 0.2) is 18.2 Å². The molecule has 0 saturated heterocycles. The normalized spacial score (nSPS) is 13.4. The summed E-state index contributed by atoms with van der Waals surface area (Å²) in [6.07, 6.45) is -1.31. The number of aliphatic carboxylic acids is 1. The third kappa shape index (κ3) is 4.47. The number of benzene rings is 1. The number of rotatable bonds is 6. The average molecular weight is 289 g/mol. The zero-order valence-corrected chi connectivity index (χ0v) is 10.5. The second-order valence-electron chi connectivity index (χ2n) is 3.99. The van der Waals surface area contributed by atoms with Crippen LogP contribution in [-0.2, 0) is 9.59 Å². The smallest absolute Gasteiger partial charge is 0.328 e. The molecule has 0 spiro atoms. The predicted molar refractivity (Wildman–Crippen MR) is 63.1 cm³/mol. The fraction of sp³-hybridized carbons (Fsp3) is 0.333. The predicted octanol–water partition coefficient (Wildman–Crippen LogP) is 0.294. The zero-order valence-electron chi connectivity index (χ0n) is 10.5. The molecule has 0 saturated carbocycles. The van der Waals surface area contributed by atoms with E-state index in [2.05, 4.69) is 0 Å². The minimum Gasteiger partial charge on any atom is -0.481 e. The molecule has 1 rings (SSSR count). The fourth-order valence-corrected chi connectivity index (χ4v) is 1.34. The topological polar surface area (TPSA) is 95.9 Å². The number of carbonyl (C=O) groups is 2.